The number of hydrogen-bond acceptors (Lipinski definition) is 5. The van der Waals surface area contributed by atoms with Gasteiger partial charge in [-0.25, -0.2) is 0 Å². The van der Waals surface area contributed by atoms with Gasteiger partial charge in [0, 0.05) is 16.9 Å². The second kappa shape index (κ2) is 7.76. The summed E-state index contributed by atoms with van der Waals surface area (Å²) in [6.07, 6.45) is 1.50. The normalized spacial score (nSPS) is 27.1. The third-order valence-electron chi connectivity index (χ3n) is 5.61. The molecule has 5 atom stereocenters. The maximum atomic E-state index is 12.5. The number of carbonyl (C=O) groups is 3. The van der Waals surface area contributed by atoms with Crippen LogP contribution < -0.4 is 20.7 Å². The van der Waals surface area contributed by atoms with Gasteiger partial charge in [0.15, 0.2) is 6.10 Å². The van der Waals surface area contributed by atoms with Crippen molar-refractivity contribution in [3.05, 3.63) is 28.8 Å². The highest BCUT2D eigenvalue weighted by molar-refractivity contribution is 6.30. The van der Waals surface area contributed by atoms with E-state index in [-0.39, 0.29) is 11.8 Å². The molecule has 3 rings (SSSR count). The Morgan fingerprint density at radius 2 is 1.85 bits per heavy atom. The van der Waals surface area contributed by atoms with Crippen LogP contribution in [-0.4, -0.2) is 23.9 Å². The molecule has 0 spiro atoms. The number of carboxylic acid groups (broad SMARTS) is 1. The molecule has 7 nitrogen and oxygen atoms in total. The summed E-state index contributed by atoms with van der Waals surface area (Å²) in [5.41, 5.74) is 5.46. The zero-order valence-corrected chi connectivity index (χ0v) is 15.9. The molecular weight excluding hydrogens is 372 g/mol. The topological polar surface area (TPSA) is 108 Å². The van der Waals surface area contributed by atoms with Crippen LogP contribution in [0.5, 0.6) is 5.75 Å². The fraction of sp³-hybridized carbons (Fsp3) is 0.526. The van der Waals surface area contributed by atoms with Crippen LogP contribution in [0.25, 0.3) is 0 Å². The van der Waals surface area contributed by atoms with Crippen molar-refractivity contribution in [3.8, 4) is 5.75 Å². The zero-order valence-electron chi connectivity index (χ0n) is 15.2. The molecule has 1 aromatic rings. The van der Waals surface area contributed by atoms with E-state index in [0.29, 0.717) is 10.8 Å². The van der Waals surface area contributed by atoms with Crippen LogP contribution in [0.1, 0.15) is 31.7 Å². The van der Waals surface area contributed by atoms with Gasteiger partial charge in [-0.2, -0.15) is 0 Å². The highest BCUT2D eigenvalue weighted by Gasteiger charge is 2.51. The van der Waals surface area contributed by atoms with Crippen LogP contribution in [0.3, 0.4) is 0 Å². The standard InChI is InChI=1S/C19H23ClN2O5/c1-9-7-13(20)5-6-14(9)27-10(2)17(23)21-22-18(24)15-11-3-4-12(8-11)16(15)19(25)26/h5-7,10-12,15-16H,3-4,8H2,1-2H3,(H,21,23)(H,22,24)(H,25,26)/p-1/t10-,11+,12+,15+,16+/m1/s1. The van der Waals surface area contributed by atoms with E-state index in [1.165, 1.54) is 0 Å². The lowest BCUT2D eigenvalue weighted by Gasteiger charge is -2.30. The fourth-order valence-electron chi connectivity index (χ4n) is 4.30. The second-order valence-corrected chi connectivity index (χ2v) is 7.79. The number of carbonyl (C=O) groups excluding carboxylic acids is 3. The van der Waals surface area contributed by atoms with Gasteiger partial charge in [-0.15, -0.1) is 0 Å². The molecule has 1 aromatic carbocycles. The highest BCUT2D eigenvalue weighted by Crippen LogP contribution is 2.52. The van der Waals surface area contributed by atoms with E-state index in [1.54, 1.807) is 25.1 Å². The third kappa shape index (κ3) is 4.03. The van der Waals surface area contributed by atoms with E-state index < -0.39 is 35.7 Å². The first-order valence-electron chi connectivity index (χ1n) is 9.01. The Kier molecular flexibility index (Phi) is 5.60. The second-order valence-electron chi connectivity index (χ2n) is 7.35. The van der Waals surface area contributed by atoms with Crippen molar-refractivity contribution in [2.45, 2.75) is 39.2 Å². The average Bonchev–Trinajstić information content (AvgIpc) is 3.22. The molecule has 0 unspecified atom stereocenters. The first-order chi connectivity index (χ1) is 12.8. The van der Waals surface area contributed by atoms with E-state index in [2.05, 4.69) is 10.9 Å². The molecule has 2 aliphatic carbocycles. The summed E-state index contributed by atoms with van der Waals surface area (Å²) in [4.78, 5) is 36.1. The number of halogens is 1. The van der Waals surface area contributed by atoms with E-state index in [4.69, 9.17) is 16.3 Å². The molecule has 27 heavy (non-hydrogen) atoms. The summed E-state index contributed by atoms with van der Waals surface area (Å²) >= 11 is 5.90. The first-order valence-corrected chi connectivity index (χ1v) is 9.39. The largest absolute Gasteiger partial charge is 0.550 e. The molecule has 0 aromatic heterocycles. The number of carboxylic acids is 1. The van der Waals surface area contributed by atoms with Gasteiger partial charge >= 0.3 is 0 Å². The molecule has 146 valence electrons. The molecular formula is C19H22ClN2O5-. The molecule has 0 saturated heterocycles. The Labute approximate surface area is 162 Å². The minimum Gasteiger partial charge on any atom is -0.550 e. The molecule has 2 amide bonds. The maximum absolute atomic E-state index is 12.5. The van der Waals surface area contributed by atoms with Gasteiger partial charge in [0.25, 0.3) is 5.91 Å². The lowest BCUT2D eigenvalue weighted by Crippen LogP contribution is -2.52. The number of fused-ring (bicyclic) bond motifs is 2. The summed E-state index contributed by atoms with van der Waals surface area (Å²) < 4.78 is 5.60. The molecule has 2 saturated carbocycles. The van der Waals surface area contributed by atoms with Crippen molar-refractivity contribution in [2.75, 3.05) is 0 Å². The quantitative estimate of drug-likeness (QED) is 0.725. The molecule has 0 radical (unpaired) electrons. The molecule has 0 aliphatic heterocycles. The Bertz CT molecular complexity index is 768. The molecule has 2 N–H and O–H groups in total. The summed E-state index contributed by atoms with van der Waals surface area (Å²) in [6, 6.07) is 5.05. The maximum Gasteiger partial charge on any atom is 0.279 e. The zero-order chi connectivity index (χ0) is 19.7. The number of ether oxygens (including phenoxy) is 1. The van der Waals surface area contributed by atoms with Gasteiger partial charge < -0.3 is 14.6 Å². The van der Waals surface area contributed by atoms with Gasteiger partial charge in [-0.1, -0.05) is 11.6 Å². The summed E-state index contributed by atoms with van der Waals surface area (Å²) in [7, 11) is 0. The monoisotopic (exact) mass is 393 g/mol. The number of nitrogens with one attached hydrogen (secondary N) is 2. The molecule has 8 heteroatoms. The van der Waals surface area contributed by atoms with Gasteiger partial charge in [-0.05, 0) is 68.7 Å². The minimum absolute atomic E-state index is 0.0124. The number of aryl methyl sites for hydroxylation is 1. The van der Waals surface area contributed by atoms with Crippen LogP contribution in [0.4, 0.5) is 0 Å². The SMILES string of the molecule is Cc1cc(Cl)ccc1O[C@H](C)C(=O)NNC(=O)[C@H]1[C@H]2CC[C@@H](C2)[C@@H]1C(=O)[O-]. The van der Waals surface area contributed by atoms with E-state index in [0.717, 1.165) is 24.8 Å². The molecule has 2 aliphatic rings. The number of benzene rings is 1. The smallest absolute Gasteiger partial charge is 0.279 e. The molecule has 2 bridgehead atoms. The molecule has 2 fully saturated rings. The lowest BCUT2D eigenvalue weighted by atomic mass is 9.79. The van der Waals surface area contributed by atoms with Gasteiger partial charge in [0.05, 0.1) is 5.92 Å². The first kappa shape index (κ1) is 19.5. The highest BCUT2D eigenvalue weighted by atomic mass is 35.5. The fourth-order valence-corrected chi connectivity index (χ4v) is 4.53. The average molecular weight is 394 g/mol. The minimum atomic E-state index is -1.19. The van der Waals surface area contributed by atoms with Crippen molar-refractivity contribution in [2.24, 2.45) is 23.7 Å². The Hall–Kier alpha value is -2.28. The van der Waals surface area contributed by atoms with Gasteiger partial charge in [0.1, 0.15) is 5.75 Å². The van der Waals surface area contributed by atoms with Crippen LogP contribution in [-0.2, 0) is 14.4 Å². The van der Waals surface area contributed by atoms with Crippen LogP contribution >= 0.6 is 11.6 Å². The van der Waals surface area contributed by atoms with Gasteiger partial charge in [0.2, 0.25) is 5.91 Å². The van der Waals surface area contributed by atoms with E-state index in [1.807, 2.05) is 6.92 Å². The van der Waals surface area contributed by atoms with Crippen molar-refractivity contribution in [1.82, 2.24) is 10.9 Å². The van der Waals surface area contributed by atoms with Crippen molar-refractivity contribution in [1.29, 1.82) is 0 Å². The van der Waals surface area contributed by atoms with Crippen LogP contribution in [0, 0.1) is 30.6 Å². The van der Waals surface area contributed by atoms with Crippen LogP contribution in [0.2, 0.25) is 5.02 Å². The molecule has 0 heterocycles. The van der Waals surface area contributed by atoms with Crippen LogP contribution in [0.15, 0.2) is 18.2 Å². The number of aliphatic carboxylic acids is 1. The van der Waals surface area contributed by atoms with Crippen molar-refractivity contribution >= 4 is 29.4 Å². The van der Waals surface area contributed by atoms with Crippen molar-refractivity contribution in [3.63, 3.8) is 0 Å². The van der Waals surface area contributed by atoms with Crippen molar-refractivity contribution < 1.29 is 24.2 Å². The lowest BCUT2D eigenvalue weighted by molar-refractivity contribution is -0.314. The van der Waals surface area contributed by atoms with E-state index in [9.17, 15) is 19.5 Å². The summed E-state index contributed by atoms with van der Waals surface area (Å²) in [5, 5.41) is 12.0. The van der Waals surface area contributed by atoms with Gasteiger partial charge in [-0.3, -0.25) is 20.4 Å². The Balaban J connectivity index is 1.55. The summed E-state index contributed by atoms with van der Waals surface area (Å²) in [5.74, 6) is -3.14. The number of rotatable bonds is 5. The Morgan fingerprint density at radius 3 is 2.48 bits per heavy atom. The number of hydrazine groups is 1. The third-order valence-corrected chi connectivity index (χ3v) is 5.85. The van der Waals surface area contributed by atoms with E-state index >= 15 is 0 Å². The number of hydrogen-bond donors (Lipinski definition) is 2. The summed E-state index contributed by atoms with van der Waals surface area (Å²) in [6.45, 7) is 3.36. The Morgan fingerprint density at radius 1 is 1.19 bits per heavy atom. The predicted octanol–water partition coefficient (Wildman–Crippen LogP) is 0.975. The number of amides is 2. The predicted molar refractivity (Wildman–Crippen MR) is 95.4 cm³/mol.